The highest BCUT2D eigenvalue weighted by Gasteiger charge is 2.57. The lowest BCUT2D eigenvalue weighted by atomic mass is 9.63. The van der Waals surface area contributed by atoms with Gasteiger partial charge in [0.15, 0.2) is 0 Å². The summed E-state index contributed by atoms with van der Waals surface area (Å²) in [6.07, 6.45) is 23.1. The van der Waals surface area contributed by atoms with E-state index in [1.54, 1.807) is 0 Å². The second-order valence-electron chi connectivity index (χ2n) is 9.38. The van der Waals surface area contributed by atoms with Gasteiger partial charge >= 0.3 is 0 Å². The van der Waals surface area contributed by atoms with E-state index in [0.29, 0.717) is 0 Å². The number of fused-ring (bicyclic) bond motifs is 1. The SMILES string of the molecule is C/C=C\C=C1\CC=NC2(CC3=CC=C4N=CC5(C)C=NC(=C3)C45C)C=NCC12C. The third-order valence-electron chi connectivity index (χ3n) is 7.80. The number of hydrogen-bond donors (Lipinski definition) is 0. The van der Waals surface area contributed by atoms with Crippen LogP contribution in [0.15, 0.2) is 79.0 Å². The maximum absolute atomic E-state index is 5.04. The predicted octanol–water partition coefficient (Wildman–Crippen LogP) is 5.07. The van der Waals surface area contributed by atoms with Crippen molar-refractivity contribution >= 4 is 24.9 Å². The van der Waals surface area contributed by atoms with Gasteiger partial charge in [0.2, 0.25) is 0 Å². The molecule has 148 valence electrons. The van der Waals surface area contributed by atoms with Crippen molar-refractivity contribution in [3.8, 4) is 0 Å². The number of rotatable bonds is 3. The van der Waals surface area contributed by atoms with Gasteiger partial charge in [0.05, 0.1) is 28.8 Å². The van der Waals surface area contributed by atoms with Gasteiger partial charge in [0, 0.05) is 43.1 Å². The quantitative estimate of drug-likeness (QED) is 0.652. The maximum Gasteiger partial charge on any atom is 0.110 e. The van der Waals surface area contributed by atoms with Crippen LogP contribution in [0, 0.1) is 16.2 Å². The van der Waals surface area contributed by atoms with Gasteiger partial charge in [0.25, 0.3) is 0 Å². The first-order valence-corrected chi connectivity index (χ1v) is 10.5. The van der Waals surface area contributed by atoms with Crippen LogP contribution in [0.25, 0.3) is 0 Å². The van der Waals surface area contributed by atoms with Crippen molar-refractivity contribution in [3.63, 3.8) is 0 Å². The molecule has 1 aliphatic carbocycles. The molecule has 0 aromatic heterocycles. The van der Waals surface area contributed by atoms with Crippen LogP contribution in [0.4, 0.5) is 0 Å². The Bertz CT molecular complexity index is 1050. The average molecular weight is 385 g/mol. The maximum atomic E-state index is 5.04. The molecule has 4 heteroatoms. The van der Waals surface area contributed by atoms with Gasteiger partial charge in [-0.3, -0.25) is 20.0 Å². The highest BCUT2D eigenvalue weighted by atomic mass is 15.0. The smallest absolute Gasteiger partial charge is 0.110 e. The number of hydrogen-bond acceptors (Lipinski definition) is 4. The summed E-state index contributed by atoms with van der Waals surface area (Å²) in [5.74, 6) is 0. The Hall–Kier alpha value is -2.62. The van der Waals surface area contributed by atoms with E-state index in [4.69, 9.17) is 20.0 Å². The molecule has 4 unspecified atom stereocenters. The minimum atomic E-state index is -0.338. The summed E-state index contributed by atoms with van der Waals surface area (Å²) in [7, 11) is 0. The lowest BCUT2D eigenvalue weighted by molar-refractivity contribution is 0.284. The van der Waals surface area contributed by atoms with Crippen LogP contribution >= 0.6 is 0 Å². The third-order valence-corrected chi connectivity index (χ3v) is 7.80. The fourth-order valence-corrected chi connectivity index (χ4v) is 5.36. The van der Waals surface area contributed by atoms with E-state index in [1.807, 2.05) is 6.21 Å². The van der Waals surface area contributed by atoms with E-state index in [0.717, 1.165) is 30.8 Å². The second-order valence-corrected chi connectivity index (χ2v) is 9.38. The van der Waals surface area contributed by atoms with Crippen molar-refractivity contribution < 1.29 is 0 Å². The molecule has 4 nitrogen and oxygen atoms in total. The molecule has 0 aromatic carbocycles. The van der Waals surface area contributed by atoms with Crippen molar-refractivity contribution in [2.75, 3.05) is 6.54 Å². The van der Waals surface area contributed by atoms with Crippen LogP contribution in [0.5, 0.6) is 0 Å². The van der Waals surface area contributed by atoms with Crippen molar-refractivity contribution in [3.05, 3.63) is 59.0 Å². The Morgan fingerprint density at radius 3 is 2.62 bits per heavy atom. The molecule has 4 heterocycles. The number of nitrogens with zero attached hydrogens (tertiary/aromatic N) is 4. The van der Waals surface area contributed by atoms with Gasteiger partial charge in [-0.2, -0.15) is 0 Å². The Labute approximate surface area is 173 Å². The molecule has 4 atom stereocenters. The summed E-state index contributed by atoms with van der Waals surface area (Å²) in [6.45, 7) is 9.64. The van der Waals surface area contributed by atoms with Crippen LogP contribution in [0.3, 0.4) is 0 Å². The Balaban J connectivity index is 1.56. The first-order chi connectivity index (χ1) is 13.9. The van der Waals surface area contributed by atoms with E-state index in [2.05, 4.69) is 82.8 Å². The van der Waals surface area contributed by atoms with Crippen LogP contribution in [-0.4, -0.2) is 36.9 Å². The van der Waals surface area contributed by atoms with Gasteiger partial charge < -0.3 is 0 Å². The molecule has 0 aromatic rings. The van der Waals surface area contributed by atoms with E-state index >= 15 is 0 Å². The average Bonchev–Trinajstić information content (AvgIpc) is 3.20. The highest BCUT2D eigenvalue weighted by molar-refractivity contribution is 5.97. The number of allylic oxidation sites excluding steroid dienone is 6. The minimum Gasteiger partial charge on any atom is -0.294 e. The van der Waals surface area contributed by atoms with Gasteiger partial charge in [-0.05, 0) is 38.5 Å². The van der Waals surface area contributed by atoms with Crippen molar-refractivity contribution in [2.45, 2.75) is 46.1 Å². The van der Waals surface area contributed by atoms with Gasteiger partial charge in [0.1, 0.15) is 5.54 Å². The Morgan fingerprint density at radius 2 is 1.83 bits per heavy atom. The molecule has 0 spiro atoms. The zero-order valence-electron chi connectivity index (χ0n) is 17.7. The fraction of sp³-hybridized carbons (Fsp3) is 0.440. The van der Waals surface area contributed by atoms with Crippen molar-refractivity contribution in [1.29, 1.82) is 0 Å². The fourth-order valence-electron chi connectivity index (χ4n) is 5.36. The summed E-state index contributed by atoms with van der Waals surface area (Å²) in [6, 6.07) is 0. The minimum absolute atomic E-state index is 0.0918. The normalized spacial score (nSPS) is 42.9. The summed E-state index contributed by atoms with van der Waals surface area (Å²) in [5.41, 5.74) is 4.10. The zero-order chi connectivity index (χ0) is 20.3. The lowest BCUT2D eigenvalue weighted by Crippen LogP contribution is -2.48. The van der Waals surface area contributed by atoms with E-state index in [9.17, 15) is 0 Å². The monoisotopic (exact) mass is 384 g/mol. The molecular weight excluding hydrogens is 356 g/mol. The van der Waals surface area contributed by atoms with Gasteiger partial charge in [-0.1, -0.05) is 36.8 Å². The molecule has 4 aliphatic heterocycles. The molecule has 0 fully saturated rings. The molecule has 0 saturated heterocycles. The third kappa shape index (κ3) is 2.26. The number of aliphatic imine (C=N–C) groups is 4. The molecule has 0 bridgehead atoms. The molecule has 5 aliphatic rings. The molecule has 5 rings (SSSR count). The summed E-state index contributed by atoms with van der Waals surface area (Å²) in [4.78, 5) is 19.3. The molecule has 0 N–H and O–H groups in total. The standard InChI is InChI=1S/C25H28N4/c1-5-6-7-19-10-11-29-25(17-26-16-23(19,25)3)13-18-8-9-20-24(4)21(12-18)28-15-22(24,2)14-27-20/h5-9,11-12,14-15,17H,10,13,16H2,1-4H3/b6-5-,19-7-. The molecular formula is C25H28N4. The molecule has 29 heavy (non-hydrogen) atoms. The highest BCUT2D eigenvalue weighted by Crippen LogP contribution is 2.58. The first-order valence-electron chi connectivity index (χ1n) is 10.5. The molecule has 0 amide bonds. The first kappa shape index (κ1) is 18.4. The second kappa shape index (κ2) is 5.94. The summed E-state index contributed by atoms with van der Waals surface area (Å²) >= 11 is 0. The Morgan fingerprint density at radius 1 is 1.03 bits per heavy atom. The molecule has 0 radical (unpaired) electrons. The van der Waals surface area contributed by atoms with Crippen molar-refractivity contribution in [1.82, 2.24) is 0 Å². The van der Waals surface area contributed by atoms with Crippen molar-refractivity contribution in [2.24, 2.45) is 36.2 Å². The summed E-state index contributed by atoms with van der Waals surface area (Å²) < 4.78 is 0. The van der Waals surface area contributed by atoms with E-state index in [1.165, 1.54) is 11.1 Å². The van der Waals surface area contributed by atoms with Gasteiger partial charge in [-0.25, -0.2) is 0 Å². The largest absolute Gasteiger partial charge is 0.294 e. The molecule has 0 saturated carbocycles. The predicted molar refractivity (Wildman–Crippen MR) is 122 cm³/mol. The van der Waals surface area contributed by atoms with E-state index in [-0.39, 0.29) is 21.8 Å². The lowest BCUT2D eigenvalue weighted by Gasteiger charge is -2.44. The van der Waals surface area contributed by atoms with Gasteiger partial charge in [-0.15, -0.1) is 0 Å². The van der Waals surface area contributed by atoms with E-state index < -0.39 is 0 Å². The topological polar surface area (TPSA) is 49.4 Å². The van der Waals surface area contributed by atoms with Crippen LogP contribution in [-0.2, 0) is 0 Å². The van der Waals surface area contributed by atoms with Crippen LogP contribution in [0.2, 0.25) is 0 Å². The van der Waals surface area contributed by atoms with Crippen LogP contribution in [0.1, 0.15) is 40.5 Å². The van der Waals surface area contributed by atoms with Crippen LogP contribution < -0.4 is 0 Å². The Kier molecular flexibility index (Phi) is 3.77. The zero-order valence-corrected chi connectivity index (χ0v) is 17.7. The summed E-state index contributed by atoms with van der Waals surface area (Å²) in [5, 5.41) is 0.